The Morgan fingerprint density at radius 3 is 3.12 bits per heavy atom. The van der Waals surface area contributed by atoms with E-state index >= 15 is 0 Å². The fourth-order valence-corrected chi connectivity index (χ4v) is 2.17. The third-order valence-corrected chi connectivity index (χ3v) is 3.50. The predicted molar refractivity (Wildman–Crippen MR) is 69.3 cm³/mol. The normalized spacial score (nSPS) is 21.2. The number of hydrogen-bond donors (Lipinski definition) is 0. The van der Waals surface area contributed by atoms with Crippen molar-refractivity contribution in [2.45, 2.75) is 36.6 Å². The van der Waals surface area contributed by atoms with E-state index in [1.807, 2.05) is 11.7 Å². The van der Waals surface area contributed by atoms with Crippen LogP contribution in [0.4, 0.5) is 0 Å². The lowest BCUT2D eigenvalue weighted by molar-refractivity contribution is -0.169. The largest absolute Gasteiger partial charge is 0.353 e. The molecule has 0 radical (unpaired) electrons. The molecule has 1 atom stereocenters. The first-order valence-electron chi connectivity index (χ1n) is 5.60. The topological polar surface area (TPSA) is 36.3 Å². The summed E-state index contributed by atoms with van der Waals surface area (Å²) in [5.74, 6) is 0. The van der Waals surface area contributed by atoms with E-state index < -0.39 is 0 Å². The molecule has 0 bridgehead atoms. The van der Waals surface area contributed by atoms with E-state index in [2.05, 4.69) is 33.8 Å². The van der Waals surface area contributed by atoms with E-state index in [9.17, 15) is 0 Å². The lowest BCUT2D eigenvalue weighted by Gasteiger charge is -2.22. The summed E-state index contributed by atoms with van der Waals surface area (Å²) in [5.41, 5.74) is 2.21. The van der Waals surface area contributed by atoms with Crippen molar-refractivity contribution in [2.24, 2.45) is 7.05 Å². The molecule has 4 nitrogen and oxygen atoms in total. The van der Waals surface area contributed by atoms with Crippen LogP contribution in [-0.2, 0) is 27.6 Å². The quantitative estimate of drug-likeness (QED) is 0.626. The minimum Gasteiger partial charge on any atom is -0.353 e. The molecule has 16 heavy (non-hydrogen) atoms. The van der Waals surface area contributed by atoms with Gasteiger partial charge in [-0.05, 0) is 25.3 Å². The number of rotatable bonds is 4. The SMILES string of the molecule is Cn1nc(CI)cc1COC1CCCCO1. The maximum Gasteiger partial charge on any atom is 0.158 e. The molecule has 1 fully saturated rings. The van der Waals surface area contributed by atoms with Crippen LogP contribution in [0.25, 0.3) is 0 Å². The van der Waals surface area contributed by atoms with E-state index in [1.54, 1.807) is 0 Å². The van der Waals surface area contributed by atoms with Crippen molar-refractivity contribution in [3.8, 4) is 0 Å². The zero-order chi connectivity index (χ0) is 11.4. The molecule has 2 heterocycles. The van der Waals surface area contributed by atoms with Gasteiger partial charge in [0.05, 0.1) is 18.0 Å². The standard InChI is InChI=1S/C11H17IN2O2/c1-14-10(6-9(7-12)13-14)8-16-11-4-2-3-5-15-11/h6,11H,2-5,7-8H2,1H3. The highest BCUT2D eigenvalue weighted by Crippen LogP contribution is 2.16. The van der Waals surface area contributed by atoms with Gasteiger partial charge >= 0.3 is 0 Å². The van der Waals surface area contributed by atoms with Crippen LogP contribution in [-0.4, -0.2) is 22.7 Å². The van der Waals surface area contributed by atoms with Crippen LogP contribution < -0.4 is 0 Å². The van der Waals surface area contributed by atoms with Crippen molar-refractivity contribution >= 4 is 22.6 Å². The summed E-state index contributed by atoms with van der Waals surface area (Å²) < 4.78 is 14.1. The molecule has 2 rings (SSSR count). The molecule has 0 saturated carbocycles. The second-order valence-electron chi connectivity index (χ2n) is 3.99. The summed E-state index contributed by atoms with van der Waals surface area (Å²) in [6.45, 7) is 1.42. The molecule has 5 heteroatoms. The molecule has 1 aromatic heterocycles. The number of aromatic nitrogens is 2. The Morgan fingerprint density at radius 2 is 2.50 bits per heavy atom. The Labute approximate surface area is 109 Å². The molecule has 1 saturated heterocycles. The molecule has 1 aromatic rings. The molecular formula is C11H17IN2O2. The van der Waals surface area contributed by atoms with Crippen LogP contribution >= 0.6 is 22.6 Å². The molecule has 0 aromatic carbocycles. The molecule has 0 spiro atoms. The van der Waals surface area contributed by atoms with Crippen molar-refractivity contribution < 1.29 is 9.47 Å². The second-order valence-corrected chi connectivity index (χ2v) is 4.75. The van der Waals surface area contributed by atoms with Crippen molar-refractivity contribution in [3.05, 3.63) is 17.5 Å². The first-order valence-corrected chi connectivity index (χ1v) is 7.13. The third-order valence-electron chi connectivity index (χ3n) is 2.72. The molecule has 90 valence electrons. The van der Waals surface area contributed by atoms with Crippen LogP contribution in [0.5, 0.6) is 0 Å². The highest BCUT2D eigenvalue weighted by Gasteiger charge is 2.15. The number of halogens is 1. The number of alkyl halides is 1. The highest BCUT2D eigenvalue weighted by molar-refractivity contribution is 14.1. The number of nitrogens with zero attached hydrogens (tertiary/aromatic N) is 2. The number of hydrogen-bond acceptors (Lipinski definition) is 3. The fraction of sp³-hybridized carbons (Fsp3) is 0.727. The van der Waals surface area contributed by atoms with Gasteiger partial charge in [0.15, 0.2) is 6.29 Å². The van der Waals surface area contributed by atoms with Gasteiger partial charge in [-0.25, -0.2) is 0 Å². The monoisotopic (exact) mass is 336 g/mol. The highest BCUT2D eigenvalue weighted by atomic mass is 127. The van der Waals surface area contributed by atoms with Gasteiger partial charge in [0.1, 0.15) is 0 Å². The summed E-state index contributed by atoms with van der Waals surface area (Å²) in [6, 6.07) is 2.09. The number of ether oxygens (including phenoxy) is 2. The van der Waals surface area contributed by atoms with Crippen molar-refractivity contribution in [1.29, 1.82) is 0 Å². The van der Waals surface area contributed by atoms with E-state index in [4.69, 9.17) is 9.47 Å². The van der Waals surface area contributed by atoms with Gasteiger partial charge in [-0.1, -0.05) is 22.6 Å². The Kier molecular flexibility index (Phi) is 4.60. The summed E-state index contributed by atoms with van der Waals surface area (Å²) >= 11 is 2.31. The minimum atomic E-state index is -0.0216. The average Bonchev–Trinajstić information content (AvgIpc) is 2.69. The van der Waals surface area contributed by atoms with Crippen LogP contribution in [0.15, 0.2) is 6.07 Å². The van der Waals surface area contributed by atoms with Gasteiger partial charge in [-0.3, -0.25) is 4.68 Å². The fourth-order valence-electron chi connectivity index (χ4n) is 1.79. The van der Waals surface area contributed by atoms with Crippen LogP contribution in [0.2, 0.25) is 0 Å². The van der Waals surface area contributed by atoms with Gasteiger partial charge in [0, 0.05) is 18.1 Å². The summed E-state index contributed by atoms with van der Waals surface area (Å²) in [7, 11) is 1.95. The van der Waals surface area contributed by atoms with Crippen LogP contribution in [0.1, 0.15) is 30.7 Å². The molecule has 1 aliphatic rings. The first kappa shape index (κ1) is 12.3. The molecule has 0 aliphatic carbocycles. The lowest BCUT2D eigenvalue weighted by Crippen LogP contribution is -2.22. The molecule has 1 unspecified atom stereocenters. The van der Waals surface area contributed by atoms with E-state index in [0.29, 0.717) is 6.61 Å². The maximum absolute atomic E-state index is 5.72. The zero-order valence-corrected chi connectivity index (χ0v) is 11.6. The van der Waals surface area contributed by atoms with Gasteiger partial charge in [0.25, 0.3) is 0 Å². The van der Waals surface area contributed by atoms with Crippen molar-refractivity contribution in [3.63, 3.8) is 0 Å². The Balaban J connectivity index is 1.85. The Morgan fingerprint density at radius 1 is 1.62 bits per heavy atom. The second kappa shape index (κ2) is 5.97. The van der Waals surface area contributed by atoms with Crippen LogP contribution in [0, 0.1) is 0 Å². The maximum atomic E-state index is 5.72. The van der Waals surface area contributed by atoms with Gasteiger partial charge in [0.2, 0.25) is 0 Å². The van der Waals surface area contributed by atoms with Gasteiger partial charge in [-0.15, -0.1) is 0 Å². The van der Waals surface area contributed by atoms with E-state index in [0.717, 1.165) is 35.3 Å². The van der Waals surface area contributed by atoms with Gasteiger partial charge in [-0.2, -0.15) is 5.10 Å². The first-order chi connectivity index (χ1) is 7.79. The molecule has 0 N–H and O–H groups in total. The molecule has 0 amide bonds. The molecular weight excluding hydrogens is 319 g/mol. The third kappa shape index (κ3) is 3.18. The summed E-state index contributed by atoms with van der Waals surface area (Å²) in [4.78, 5) is 0. The summed E-state index contributed by atoms with van der Waals surface area (Å²) in [5, 5.41) is 4.38. The number of aryl methyl sites for hydroxylation is 1. The van der Waals surface area contributed by atoms with Crippen molar-refractivity contribution in [1.82, 2.24) is 9.78 Å². The minimum absolute atomic E-state index is 0.0216. The van der Waals surface area contributed by atoms with Gasteiger partial charge < -0.3 is 9.47 Å². The van der Waals surface area contributed by atoms with Crippen molar-refractivity contribution in [2.75, 3.05) is 6.61 Å². The predicted octanol–water partition coefficient (Wildman–Crippen LogP) is 2.40. The Hall–Kier alpha value is -0.140. The average molecular weight is 336 g/mol. The van der Waals surface area contributed by atoms with E-state index in [-0.39, 0.29) is 6.29 Å². The molecule has 1 aliphatic heterocycles. The van der Waals surface area contributed by atoms with E-state index in [1.165, 1.54) is 6.42 Å². The zero-order valence-electron chi connectivity index (χ0n) is 9.49. The summed E-state index contributed by atoms with van der Waals surface area (Å²) in [6.07, 6.45) is 3.35. The van der Waals surface area contributed by atoms with Crippen LogP contribution in [0.3, 0.4) is 0 Å². The smallest absolute Gasteiger partial charge is 0.158 e. The Bertz CT molecular complexity index is 335. The lowest BCUT2D eigenvalue weighted by atomic mass is 10.2.